The van der Waals surface area contributed by atoms with E-state index in [1.54, 1.807) is 12.1 Å². The zero-order valence-corrected chi connectivity index (χ0v) is 13.9. The second kappa shape index (κ2) is 8.44. The molecule has 1 aromatic rings. The van der Waals surface area contributed by atoms with Crippen LogP contribution in [0.2, 0.25) is 0 Å². The molecule has 0 spiro atoms. The Bertz CT molecular complexity index is 636. The molecule has 2 rings (SSSR count). The van der Waals surface area contributed by atoms with Crippen LogP contribution in [0.15, 0.2) is 18.2 Å². The van der Waals surface area contributed by atoms with Crippen LogP contribution in [0.1, 0.15) is 16.8 Å². The average Bonchev–Trinajstić information content (AvgIpc) is 3.03. The number of nitrogens with one attached hydrogen (secondary N) is 1. The summed E-state index contributed by atoms with van der Waals surface area (Å²) in [4.78, 5) is 35.1. The number of nitrogens with two attached hydrogens (primary N) is 1. The van der Waals surface area contributed by atoms with Crippen molar-refractivity contribution in [1.29, 1.82) is 0 Å². The first-order chi connectivity index (χ1) is 11.5. The van der Waals surface area contributed by atoms with Gasteiger partial charge in [-0.25, -0.2) is 9.59 Å². The number of carbonyl (C=O) groups is 3. The lowest BCUT2D eigenvalue weighted by Gasteiger charge is -2.15. The van der Waals surface area contributed by atoms with Gasteiger partial charge >= 0.3 is 12.0 Å². The van der Waals surface area contributed by atoms with Crippen LogP contribution in [-0.2, 0) is 9.53 Å². The van der Waals surface area contributed by atoms with E-state index in [4.69, 9.17) is 19.9 Å². The van der Waals surface area contributed by atoms with Crippen molar-refractivity contribution in [2.75, 3.05) is 25.4 Å². The van der Waals surface area contributed by atoms with E-state index >= 15 is 0 Å². The SMILES string of the molecule is CSCC[C@H](NC(N)=O)C(=O)OCC(=O)c1ccc2c(c1)OCO2. The van der Waals surface area contributed by atoms with Gasteiger partial charge in [0.2, 0.25) is 6.79 Å². The normalized spacial score (nSPS) is 13.2. The fourth-order valence-electron chi connectivity index (χ4n) is 2.05. The standard InChI is InChI=1S/C15H18N2O6S/c1-24-5-4-10(17-15(16)20)14(19)21-7-11(18)9-2-3-12-13(6-9)23-8-22-12/h2-3,6,10H,4-5,7-8H2,1H3,(H3,16,17,20)/t10-/m0/s1. The summed E-state index contributed by atoms with van der Waals surface area (Å²) in [5, 5.41) is 2.32. The number of amides is 2. The van der Waals surface area contributed by atoms with E-state index in [9.17, 15) is 14.4 Å². The van der Waals surface area contributed by atoms with Gasteiger partial charge in [0.25, 0.3) is 0 Å². The van der Waals surface area contributed by atoms with E-state index in [1.165, 1.54) is 17.8 Å². The first-order valence-electron chi connectivity index (χ1n) is 7.15. The van der Waals surface area contributed by atoms with Gasteiger partial charge in [0, 0.05) is 5.56 Å². The number of hydrogen-bond donors (Lipinski definition) is 2. The van der Waals surface area contributed by atoms with Crippen LogP contribution in [-0.4, -0.2) is 49.2 Å². The lowest BCUT2D eigenvalue weighted by molar-refractivity contribution is -0.144. The van der Waals surface area contributed by atoms with Crippen LogP contribution >= 0.6 is 11.8 Å². The molecule has 8 nitrogen and oxygen atoms in total. The maximum absolute atomic E-state index is 12.1. The Morgan fingerprint density at radius 3 is 2.79 bits per heavy atom. The molecule has 0 fully saturated rings. The molecule has 0 radical (unpaired) electrons. The van der Waals surface area contributed by atoms with E-state index in [2.05, 4.69) is 5.32 Å². The third kappa shape index (κ3) is 4.79. The van der Waals surface area contributed by atoms with Gasteiger partial charge in [0.05, 0.1) is 0 Å². The highest BCUT2D eigenvalue weighted by Gasteiger charge is 2.23. The summed E-state index contributed by atoms with van der Waals surface area (Å²) >= 11 is 1.51. The van der Waals surface area contributed by atoms with E-state index in [0.29, 0.717) is 29.2 Å². The van der Waals surface area contributed by atoms with Crippen LogP contribution < -0.4 is 20.5 Å². The number of thioether (sulfide) groups is 1. The number of esters is 1. The van der Waals surface area contributed by atoms with Crippen LogP contribution in [0.5, 0.6) is 11.5 Å². The van der Waals surface area contributed by atoms with Gasteiger partial charge in [-0.2, -0.15) is 11.8 Å². The molecule has 2 amide bonds. The molecular weight excluding hydrogens is 336 g/mol. The summed E-state index contributed by atoms with van der Waals surface area (Å²) in [6, 6.07) is 3.02. The number of hydrogen-bond acceptors (Lipinski definition) is 7. The smallest absolute Gasteiger partial charge is 0.329 e. The maximum atomic E-state index is 12.1. The monoisotopic (exact) mass is 354 g/mol. The Kier molecular flexibility index (Phi) is 6.30. The fourth-order valence-corrected chi connectivity index (χ4v) is 2.52. The van der Waals surface area contributed by atoms with E-state index in [-0.39, 0.29) is 12.6 Å². The first-order valence-corrected chi connectivity index (χ1v) is 8.55. The summed E-state index contributed by atoms with van der Waals surface area (Å²) < 4.78 is 15.4. The summed E-state index contributed by atoms with van der Waals surface area (Å²) in [6.45, 7) is -0.327. The van der Waals surface area contributed by atoms with Crippen molar-refractivity contribution in [2.24, 2.45) is 5.73 Å². The zero-order valence-electron chi connectivity index (χ0n) is 13.1. The van der Waals surface area contributed by atoms with Crippen molar-refractivity contribution in [3.8, 4) is 11.5 Å². The first kappa shape index (κ1) is 17.9. The Morgan fingerprint density at radius 1 is 1.33 bits per heavy atom. The molecule has 130 valence electrons. The van der Waals surface area contributed by atoms with Crippen molar-refractivity contribution >= 4 is 29.5 Å². The quantitative estimate of drug-likeness (QED) is 0.527. The Morgan fingerprint density at radius 2 is 2.08 bits per heavy atom. The predicted molar refractivity (Wildman–Crippen MR) is 87.4 cm³/mol. The number of Topliss-reactive ketones (excluding diaryl/α,β-unsaturated/α-hetero) is 1. The number of ketones is 1. The second-order valence-electron chi connectivity index (χ2n) is 4.94. The molecule has 9 heteroatoms. The molecule has 0 bridgehead atoms. The molecule has 0 aliphatic carbocycles. The van der Waals surface area contributed by atoms with Crippen LogP contribution in [0.4, 0.5) is 4.79 Å². The van der Waals surface area contributed by atoms with Crippen molar-refractivity contribution in [3.63, 3.8) is 0 Å². The van der Waals surface area contributed by atoms with Crippen molar-refractivity contribution in [1.82, 2.24) is 5.32 Å². The van der Waals surface area contributed by atoms with Crippen molar-refractivity contribution in [3.05, 3.63) is 23.8 Å². The predicted octanol–water partition coefficient (Wildman–Crippen LogP) is 0.931. The van der Waals surface area contributed by atoms with Crippen LogP contribution in [0.3, 0.4) is 0 Å². The highest BCUT2D eigenvalue weighted by molar-refractivity contribution is 7.98. The minimum Gasteiger partial charge on any atom is -0.456 e. The van der Waals surface area contributed by atoms with Gasteiger partial charge in [-0.1, -0.05) is 0 Å². The largest absolute Gasteiger partial charge is 0.456 e. The topological polar surface area (TPSA) is 117 Å². The summed E-state index contributed by atoms with van der Waals surface area (Å²) in [5.41, 5.74) is 5.39. The maximum Gasteiger partial charge on any atom is 0.329 e. The molecule has 1 atom stereocenters. The van der Waals surface area contributed by atoms with Crippen LogP contribution in [0.25, 0.3) is 0 Å². The summed E-state index contributed by atoms with van der Waals surface area (Å²) in [7, 11) is 0. The fraction of sp³-hybridized carbons (Fsp3) is 0.400. The van der Waals surface area contributed by atoms with Gasteiger partial charge in [-0.3, -0.25) is 4.79 Å². The number of ether oxygens (including phenoxy) is 3. The molecule has 0 aromatic heterocycles. The zero-order chi connectivity index (χ0) is 17.5. The molecule has 3 N–H and O–H groups in total. The third-order valence-electron chi connectivity index (χ3n) is 3.25. The van der Waals surface area contributed by atoms with Crippen LogP contribution in [0, 0.1) is 0 Å². The van der Waals surface area contributed by atoms with Gasteiger partial charge in [0.1, 0.15) is 6.04 Å². The van der Waals surface area contributed by atoms with Gasteiger partial charge < -0.3 is 25.3 Å². The number of primary amides is 1. The molecule has 0 saturated heterocycles. The number of benzene rings is 1. The number of rotatable bonds is 8. The number of urea groups is 1. The molecule has 0 unspecified atom stereocenters. The lowest BCUT2D eigenvalue weighted by atomic mass is 10.1. The minimum absolute atomic E-state index is 0.109. The van der Waals surface area contributed by atoms with Crippen molar-refractivity contribution < 1.29 is 28.6 Å². The van der Waals surface area contributed by atoms with E-state index in [1.807, 2.05) is 6.26 Å². The summed E-state index contributed by atoms with van der Waals surface area (Å²) in [5.74, 6) is 0.587. The molecular formula is C15H18N2O6S. The Labute approximate surface area is 143 Å². The van der Waals surface area contributed by atoms with Gasteiger partial charge in [-0.05, 0) is 36.6 Å². The molecule has 1 aromatic carbocycles. The molecule has 24 heavy (non-hydrogen) atoms. The lowest BCUT2D eigenvalue weighted by Crippen LogP contribution is -2.45. The minimum atomic E-state index is -0.875. The summed E-state index contributed by atoms with van der Waals surface area (Å²) in [6.07, 6.45) is 2.23. The third-order valence-corrected chi connectivity index (χ3v) is 3.90. The highest BCUT2D eigenvalue weighted by Crippen LogP contribution is 2.32. The number of carbonyl (C=O) groups excluding carboxylic acids is 3. The van der Waals surface area contributed by atoms with Crippen molar-refractivity contribution in [2.45, 2.75) is 12.5 Å². The van der Waals surface area contributed by atoms with E-state index in [0.717, 1.165) is 0 Å². The van der Waals surface area contributed by atoms with Gasteiger partial charge in [-0.15, -0.1) is 0 Å². The average molecular weight is 354 g/mol. The number of fused-ring (bicyclic) bond motifs is 1. The molecule has 1 heterocycles. The van der Waals surface area contributed by atoms with E-state index < -0.39 is 24.6 Å². The second-order valence-corrected chi connectivity index (χ2v) is 5.93. The Hall–Kier alpha value is -2.42. The Balaban J connectivity index is 1.91. The molecule has 1 aliphatic rings. The molecule has 1 aliphatic heterocycles. The molecule has 0 saturated carbocycles. The van der Waals surface area contributed by atoms with Gasteiger partial charge in [0.15, 0.2) is 23.9 Å². The highest BCUT2D eigenvalue weighted by atomic mass is 32.2.